The van der Waals surface area contributed by atoms with Gasteiger partial charge in [-0.05, 0) is 13.0 Å². The fraction of sp³-hybridized carbons (Fsp3) is 0.0667. The lowest BCUT2D eigenvalue weighted by Gasteiger charge is -2.02. The molecule has 0 atom stereocenters. The molecular weight excluding hydrogens is 330 g/mol. The van der Waals surface area contributed by atoms with Gasteiger partial charge in [0.05, 0.1) is 10.6 Å². The first-order valence-electron chi connectivity index (χ1n) is 6.69. The molecule has 0 amide bonds. The summed E-state index contributed by atoms with van der Waals surface area (Å²) in [6.45, 7) is 1.71. The summed E-state index contributed by atoms with van der Waals surface area (Å²) in [5.74, 6) is 0. The molecule has 0 fully saturated rings. The van der Waals surface area contributed by atoms with E-state index in [0.717, 1.165) is 0 Å². The summed E-state index contributed by atoms with van der Waals surface area (Å²) in [4.78, 5) is 32.9. The Hall–Kier alpha value is -3.38. The molecule has 1 N–H and O–H groups in total. The van der Waals surface area contributed by atoms with E-state index in [9.17, 15) is 14.9 Å². The van der Waals surface area contributed by atoms with Gasteiger partial charge in [-0.3, -0.25) is 19.9 Å². The van der Waals surface area contributed by atoms with Gasteiger partial charge in [-0.2, -0.15) is 5.26 Å². The quantitative estimate of drug-likeness (QED) is 0.577. The van der Waals surface area contributed by atoms with Crippen molar-refractivity contribution in [2.45, 2.75) is 6.92 Å². The highest BCUT2D eigenvalue weighted by atomic mass is 32.1. The van der Waals surface area contributed by atoms with Crippen LogP contribution in [0.1, 0.15) is 11.3 Å². The van der Waals surface area contributed by atoms with Crippen LogP contribution in [0.2, 0.25) is 0 Å². The molecule has 0 spiro atoms. The smallest absolute Gasteiger partial charge is 0.288 e. The van der Waals surface area contributed by atoms with Gasteiger partial charge < -0.3 is 4.98 Å². The number of H-pyrrole nitrogens is 1. The fourth-order valence-electron chi connectivity index (χ4n) is 2.15. The molecule has 0 aromatic carbocycles. The van der Waals surface area contributed by atoms with E-state index in [1.54, 1.807) is 12.3 Å². The molecule has 9 heteroatoms. The van der Waals surface area contributed by atoms with Crippen LogP contribution in [0, 0.1) is 28.4 Å². The minimum Gasteiger partial charge on any atom is -0.325 e. The topological polar surface area (TPSA) is 126 Å². The van der Waals surface area contributed by atoms with Crippen molar-refractivity contribution in [3.63, 3.8) is 0 Å². The fourth-order valence-corrected chi connectivity index (χ4v) is 2.95. The first-order valence-corrected chi connectivity index (χ1v) is 7.57. The zero-order chi connectivity index (χ0) is 17.3. The van der Waals surface area contributed by atoms with E-state index in [1.165, 1.54) is 35.9 Å². The molecule has 118 valence electrons. The molecule has 3 rings (SSSR count). The molecule has 3 aromatic heterocycles. The van der Waals surface area contributed by atoms with Gasteiger partial charge in [0.25, 0.3) is 11.2 Å². The number of hydrogen-bond acceptors (Lipinski definition) is 7. The van der Waals surface area contributed by atoms with Gasteiger partial charge in [-0.15, -0.1) is 11.3 Å². The molecule has 0 aliphatic rings. The number of nitriles is 1. The summed E-state index contributed by atoms with van der Waals surface area (Å²) >= 11 is 1.30. The normalized spacial score (nSPS) is 10.3. The standard InChI is InChI=1S/C15H9N5O3S/c1-8-12(3-9(4-16)14(21)18-8)13-7-24-15(19-13)10-2-11(20(22)23)6-17-5-10/h2-3,5-7H,1H3,(H,18,21). The second-order valence-electron chi connectivity index (χ2n) is 4.89. The highest BCUT2D eigenvalue weighted by molar-refractivity contribution is 7.13. The van der Waals surface area contributed by atoms with E-state index in [4.69, 9.17) is 5.26 Å². The van der Waals surface area contributed by atoms with Gasteiger partial charge in [-0.25, -0.2) is 4.98 Å². The van der Waals surface area contributed by atoms with Crippen molar-refractivity contribution in [3.8, 4) is 27.9 Å². The minimum absolute atomic E-state index is 0.00201. The number of aromatic amines is 1. The Kier molecular flexibility index (Phi) is 3.89. The average molecular weight is 339 g/mol. The maximum atomic E-state index is 11.6. The number of pyridine rings is 2. The van der Waals surface area contributed by atoms with Gasteiger partial charge in [0.15, 0.2) is 0 Å². The molecule has 0 unspecified atom stereocenters. The minimum atomic E-state index is -0.518. The molecule has 0 bridgehead atoms. The van der Waals surface area contributed by atoms with Crippen LogP contribution < -0.4 is 5.56 Å². The van der Waals surface area contributed by atoms with Crippen molar-refractivity contribution in [2.24, 2.45) is 0 Å². The van der Waals surface area contributed by atoms with Crippen LogP contribution in [0.5, 0.6) is 0 Å². The number of nitrogens with one attached hydrogen (secondary N) is 1. The summed E-state index contributed by atoms with van der Waals surface area (Å²) < 4.78 is 0. The van der Waals surface area contributed by atoms with E-state index in [0.29, 0.717) is 27.5 Å². The van der Waals surface area contributed by atoms with Crippen LogP contribution in [0.4, 0.5) is 5.69 Å². The van der Waals surface area contributed by atoms with E-state index >= 15 is 0 Å². The van der Waals surface area contributed by atoms with Gasteiger partial charge in [0.1, 0.15) is 22.8 Å². The molecular formula is C15H9N5O3S. The van der Waals surface area contributed by atoms with Crippen molar-refractivity contribution in [1.29, 1.82) is 5.26 Å². The second kappa shape index (κ2) is 6.02. The Bertz CT molecular complexity index is 1050. The summed E-state index contributed by atoms with van der Waals surface area (Å²) in [5, 5.41) is 22.1. The Morgan fingerprint density at radius 1 is 1.38 bits per heavy atom. The summed E-state index contributed by atoms with van der Waals surface area (Å²) in [6, 6.07) is 4.72. The molecule has 0 saturated carbocycles. The molecule has 0 aliphatic carbocycles. The number of aryl methyl sites for hydroxylation is 1. The maximum absolute atomic E-state index is 11.6. The SMILES string of the molecule is Cc1[nH]c(=O)c(C#N)cc1-c1csc(-c2cncc([N+](=O)[O-])c2)n1. The summed E-state index contributed by atoms with van der Waals surface area (Å²) in [5.41, 5.74) is 1.77. The molecule has 3 heterocycles. The summed E-state index contributed by atoms with van der Waals surface area (Å²) in [7, 11) is 0. The largest absolute Gasteiger partial charge is 0.325 e. The van der Waals surface area contributed by atoms with Crippen molar-refractivity contribution in [3.05, 3.63) is 61.6 Å². The third-order valence-electron chi connectivity index (χ3n) is 3.32. The van der Waals surface area contributed by atoms with Crippen molar-refractivity contribution in [1.82, 2.24) is 15.0 Å². The predicted molar refractivity (Wildman–Crippen MR) is 87.5 cm³/mol. The lowest BCUT2D eigenvalue weighted by molar-refractivity contribution is -0.385. The first kappa shape index (κ1) is 15.5. The van der Waals surface area contributed by atoms with Crippen molar-refractivity contribution in [2.75, 3.05) is 0 Å². The van der Waals surface area contributed by atoms with Crippen LogP contribution in [-0.2, 0) is 0 Å². The van der Waals surface area contributed by atoms with Crippen LogP contribution in [0.3, 0.4) is 0 Å². The van der Waals surface area contributed by atoms with Gasteiger partial charge in [-0.1, -0.05) is 0 Å². The van der Waals surface area contributed by atoms with Crippen LogP contribution in [0.25, 0.3) is 21.8 Å². The molecule has 8 nitrogen and oxygen atoms in total. The van der Waals surface area contributed by atoms with Crippen LogP contribution >= 0.6 is 11.3 Å². The lowest BCUT2D eigenvalue weighted by Crippen LogP contribution is -2.11. The Morgan fingerprint density at radius 3 is 2.88 bits per heavy atom. The number of aromatic nitrogens is 3. The third-order valence-corrected chi connectivity index (χ3v) is 4.21. The van der Waals surface area contributed by atoms with Gasteiger partial charge in [0.2, 0.25) is 0 Å². The van der Waals surface area contributed by atoms with Gasteiger partial charge >= 0.3 is 0 Å². The molecule has 24 heavy (non-hydrogen) atoms. The number of hydrogen-bond donors (Lipinski definition) is 1. The predicted octanol–water partition coefficient (Wildman–Crippen LogP) is 2.65. The Labute approximate surface area is 139 Å². The van der Waals surface area contributed by atoms with Crippen molar-refractivity contribution >= 4 is 17.0 Å². The number of nitrogens with zero attached hydrogens (tertiary/aromatic N) is 4. The number of rotatable bonds is 3. The highest BCUT2D eigenvalue weighted by Gasteiger charge is 2.14. The first-order chi connectivity index (χ1) is 11.5. The molecule has 0 aliphatic heterocycles. The maximum Gasteiger partial charge on any atom is 0.288 e. The molecule has 0 saturated heterocycles. The van der Waals surface area contributed by atoms with Gasteiger partial charge in [0, 0.05) is 34.5 Å². The van der Waals surface area contributed by atoms with E-state index in [2.05, 4.69) is 15.0 Å². The highest BCUT2D eigenvalue weighted by Crippen LogP contribution is 2.30. The number of nitro groups is 1. The van der Waals surface area contributed by atoms with E-state index in [-0.39, 0.29) is 11.3 Å². The number of thiazole rings is 1. The van der Waals surface area contributed by atoms with E-state index < -0.39 is 10.5 Å². The van der Waals surface area contributed by atoms with E-state index in [1.807, 2.05) is 6.07 Å². The monoisotopic (exact) mass is 339 g/mol. The third kappa shape index (κ3) is 2.78. The molecule has 0 radical (unpaired) electrons. The zero-order valence-electron chi connectivity index (χ0n) is 12.3. The average Bonchev–Trinajstić information content (AvgIpc) is 3.05. The molecule has 3 aromatic rings. The van der Waals surface area contributed by atoms with Crippen LogP contribution in [-0.4, -0.2) is 19.9 Å². The van der Waals surface area contributed by atoms with Crippen molar-refractivity contribution < 1.29 is 4.92 Å². The summed E-state index contributed by atoms with van der Waals surface area (Å²) in [6.07, 6.45) is 2.67. The Morgan fingerprint density at radius 2 is 2.17 bits per heavy atom. The second-order valence-corrected chi connectivity index (χ2v) is 5.75. The Balaban J connectivity index is 2.06. The van der Waals surface area contributed by atoms with Crippen LogP contribution in [0.15, 0.2) is 34.7 Å². The zero-order valence-corrected chi connectivity index (χ0v) is 13.1. The lowest BCUT2D eigenvalue weighted by atomic mass is 10.1.